The Bertz CT molecular complexity index is 569. The number of rotatable bonds is 2. The quantitative estimate of drug-likeness (QED) is 0.819. The summed E-state index contributed by atoms with van der Waals surface area (Å²) < 4.78 is 37.9. The zero-order valence-electron chi connectivity index (χ0n) is 12.8. The first-order valence-corrected chi connectivity index (χ1v) is 8.45. The van der Waals surface area contributed by atoms with Crippen LogP contribution < -0.4 is 4.90 Å². The highest BCUT2D eigenvalue weighted by Crippen LogP contribution is 2.36. The Morgan fingerprint density at radius 3 is 2.48 bits per heavy atom. The zero-order chi connectivity index (χ0) is 16.6. The van der Waals surface area contributed by atoms with E-state index in [1.165, 1.54) is 0 Å². The van der Waals surface area contributed by atoms with Crippen LogP contribution in [0.2, 0.25) is 0 Å². The summed E-state index contributed by atoms with van der Waals surface area (Å²) >= 11 is 0.660. The van der Waals surface area contributed by atoms with E-state index in [2.05, 4.69) is 9.88 Å². The summed E-state index contributed by atoms with van der Waals surface area (Å²) in [5.41, 5.74) is 0. The fourth-order valence-electron chi connectivity index (χ4n) is 3.09. The van der Waals surface area contributed by atoms with Crippen molar-refractivity contribution in [1.82, 2.24) is 14.8 Å². The molecule has 2 aliphatic heterocycles. The van der Waals surface area contributed by atoms with Gasteiger partial charge in [0.25, 0.3) is 0 Å². The number of thiazole rings is 1. The summed E-state index contributed by atoms with van der Waals surface area (Å²) in [5.74, 6) is 0.139. The van der Waals surface area contributed by atoms with E-state index in [0.29, 0.717) is 42.6 Å². The summed E-state index contributed by atoms with van der Waals surface area (Å²) in [7, 11) is 1.96. The number of likely N-dealkylation sites (tertiary alicyclic amines) is 1. The second-order valence-corrected chi connectivity index (χ2v) is 6.96. The lowest BCUT2D eigenvalue weighted by atomic mass is 10.2. The third-order valence-corrected chi connectivity index (χ3v) is 5.54. The van der Waals surface area contributed by atoms with Gasteiger partial charge < -0.3 is 9.80 Å². The molecule has 0 aromatic carbocycles. The number of likely N-dealkylation sites (N-methyl/N-ethyl adjacent to an activating group) is 1. The molecule has 2 saturated heterocycles. The largest absolute Gasteiger partial charge is 0.427 e. The molecule has 5 nitrogen and oxygen atoms in total. The number of alkyl halides is 3. The van der Waals surface area contributed by atoms with Gasteiger partial charge in [-0.05, 0) is 26.4 Å². The zero-order valence-corrected chi connectivity index (χ0v) is 13.7. The van der Waals surface area contributed by atoms with Gasteiger partial charge in [0.15, 0.2) is 5.13 Å². The lowest BCUT2D eigenvalue weighted by Gasteiger charge is -2.36. The minimum absolute atomic E-state index is 0.0433. The molecule has 0 aliphatic carbocycles. The van der Waals surface area contributed by atoms with E-state index in [4.69, 9.17) is 0 Å². The van der Waals surface area contributed by atoms with Gasteiger partial charge >= 0.3 is 6.18 Å². The molecule has 1 aromatic rings. The summed E-state index contributed by atoms with van der Waals surface area (Å²) in [4.78, 5) is 21.4. The van der Waals surface area contributed by atoms with Crippen molar-refractivity contribution in [2.75, 3.05) is 44.7 Å². The SMILES string of the molecule is CN1CCCC1C(=O)N1CCN(c2ncc(C(F)(F)F)s2)CC1. The number of hydrogen-bond acceptors (Lipinski definition) is 5. The van der Waals surface area contributed by atoms with Gasteiger partial charge in [-0.1, -0.05) is 11.3 Å². The number of hydrogen-bond donors (Lipinski definition) is 0. The topological polar surface area (TPSA) is 39.7 Å². The number of carbonyl (C=O) groups excluding carboxylic acids is 1. The van der Waals surface area contributed by atoms with Crippen LogP contribution in [0.25, 0.3) is 0 Å². The molecule has 0 bridgehead atoms. The maximum absolute atomic E-state index is 12.6. The van der Waals surface area contributed by atoms with Crippen molar-refractivity contribution in [3.8, 4) is 0 Å². The smallest absolute Gasteiger partial charge is 0.345 e. The molecule has 1 unspecified atom stereocenters. The van der Waals surface area contributed by atoms with Gasteiger partial charge in [0.2, 0.25) is 5.91 Å². The predicted molar refractivity (Wildman–Crippen MR) is 81.6 cm³/mol. The molecule has 128 valence electrons. The van der Waals surface area contributed by atoms with Gasteiger partial charge in [-0.2, -0.15) is 13.2 Å². The average molecular weight is 348 g/mol. The highest BCUT2D eigenvalue weighted by atomic mass is 32.1. The van der Waals surface area contributed by atoms with Crippen molar-refractivity contribution in [1.29, 1.82) is 0 Å². The second-order valence-electron chi connectivity index (χ2n) is 5.96. The molecular formula is C14H19F3N4OS. The summed E-state index contributed by atoms with van der Waals surface area (Å²) in [6, 6.07) is -0.0433. The van der Waals surface area contributed by atoms with Crippen LogP contribution in [0, 0.1) is 0 Å². The van der Waals surface area contributed by atoms with Gasteiger partial charge in [0.05, 0.1) is 12.2 Å². The van der Waals surface area contributed by atoms with Gasteiger partial charge in [0.1, 0.15) is 4.88 Å². The fraction of sp³-hybridized carbons (Fsp3) is 0.714. The van der Waals surface area contributed by atoms with Gasteiger partial charge in [0, 0.05) is 26.2 Å². The van der Waals surface area contributed by atoms with Crippen LogP contribution in [0.1, 0.15) is 17.7 Å². The molecule has 1 aromatic heterocycles. The van der Waals surface area contributed by atoms with Gasteiger partial charge in [-0.3, -0.25) is 9.69 Å². The van der Waals surface area contributed by atoms with E-state index in [-0.39, 0.29) is 11.9 Å². The fourth-order valence-corrected chi connectivity index (χ4v) is 3.93. The molecule has 1 atom stereocenters. The van der Waals surface area contributed by atoms with E-state index in [1.54, 1.807) is 0 Å². The molecule has 0 radical (unpaired) electrons. The van der Waals surface area contributed by atoms with E-state index >= 15 is 0 Å². The standard InChI is InChI=1S/C14H19F3N4OS/c1-19-4-2-3-10(19)12(22)20-5-7-21(8-6-20)13-18-9-11(23-13)14(15,16)17/h9-10H,2-8H2,1H3. The first-order chi connectivity index (χ1) is 10.9. The maximum atomic E-state index is 12.6. The molecule has 3 rings (SSSR count). The molecule has 2 aliphatic rings. The van der Waals surface area contributed by atoms with Crippen LogP contribution >= 0.6 is 11.3 Å². The van der Waals surface area contributed by atoms with E-state index < -0.39 is 11.1 Å². The number of aromatic nitrogens is 1. The van der Waals surface area contributed by atoms with E-state index in [1.807, 2.05) is 16.8 Å². The van der Waals surface area contributed by atoms with Crippen molar-refractivity contribution in [2.24, 2.45) is 0 Å². The number of halogens is 3. The van der Waals surface area contributed by atoms with Crippen LogP contribution in [0.5, 0.6) is 0 Å². The van der Waals surface area contributed by atoms with Crippen LogP contribution in [0.4, 0.5) is 18.3 Å². The van der Waals surface area contributed by atoms with Gasteiger partial charge in [-0.25, -0.2) is 4.98 Å². The molecule has 0 N–H and O–H groups in total. The molecular weight excluding hydrogens is 329 g/mol. The maximum Gasteiger partial charge on any atom is 0.427 e. The van der Waals surface area contributed by atoms with Crippen LogP contribution in [-0.2, 0) is 11.0 Å². The minimum Gasteiger partial charge on any atom is -0.345 e. The van der Waals surface area contributed by atoms with E-state index in [9.17, 15) is 18.0 Å². The Hall–Kier alpha value is -1.35. The van der Waals surface area contributed by atoms with Gasteiger partial charge in [-0.15, -0.1) is 0 Å². The van der Waals surface area contributed by atoms with E-state index in [0.717, 1.165) is 25.6 Å². The molecule has 23 heavy (non-hydrogen) atoms. The number of carbonyl (C=O) groups is 1. The molecule has 1 amide bonds. The highest BCUT2D eigenvalue weighted by Gasteiger charge is 2.35. The molecule has 3 heterocycles. The molecule has 0 saturated carbocycles. The minimum atomic E-state index is -4.35. The number of amides is 1. The first kappa shape index (κ1) is 16.5. The van der Waals surface area contributed by atoms with Crippen LogP contribution in [0.3, 0.4) is 0 Å². The lowest BCUT2D eigenvalue weighted by molar-refractivity contribution is -0.136. The molecule has 0 spiro atoms. The third kappa shape index (κ3) is 3.45. The average Bonchev–Trinajstić information content (AvgIpc) is 3.15. The normalized spacial score (nSPS) is 23.6. The summed E-state index contributed by atoms with van der Waals surface area (Å²) in [5, 5.41) is 0.377. The van der Waals surface area contributed by atoms with Crippen molar-refractivity contribution in [2.45, 2.75) is 25.1 Å². The van der Waals surface area contributed by atoms with Crippen molar-refractivity contribution in [3.63, 3.8) is 0 Å². The Morgan fingerprint density at radius 1 is 1.26 bits per heavy atom. The number of anilines is 1. The number of piperazine rings is 1. The summed E-state index contributed by atoms with van der Waals surface area (Å²) in [6.45, 7) is 3.05. The third-order valence-electron chi connectivity index (χ3n) is 4.44. The van der Waals surface area contributed by atoms with Crippen molar-refractivity contribution in [3.05, 3.63) is 11.1 Å². The Kier molecular flexibility index (Phi) is 4.50. The summed E-state index contributed by atoms with van der Waals surface area (Å²) in [6.07, 6.45) is -1.55. The number of nitrogens with zero attached hydrogens (tertiary/aromatic N) is 4. The monoisotopic (exact) mass is 348 g/mol. The lowest BCUT2D eigenvalue weighted by Crippen LogP contribution is -2.53. The molecule has 9 heteroatoms. The predicted octanol–water partition coefficient (Wildman–Crippen LogP) is 1.90. The Balaban J connectivity index is 1.58. The van der Waals surface area contributed by atoms with Crippen LogP contribution in [-0.4, -0.2) is 66.5 Å². The Morgan fingerprint density at radius 2 is 1.96 bits per heavy atom. The second kappa shape index (κ2) is 6.27. The highest BCUT2D eigenvalue weighted by molar-refractivity contribution is 7.15. The first-order valence-electron chi connectivity index (χ1n) is 7.63. The van der Waals surface area contributed by atoms with Crippen molar-refractivity contribution >= 4 is 22.4 Å². The Labute approximate surface area is 136 Å². The van der Waals surface area contributed by atoms with Crippen molar-refractivity contribution < 1.29 is 18.0 Å². The molecule has 2 fully saturated rings. The van der Waals surface area contributed by atoms with Crippen LogP contribution in [0.15, 0.2) is 6.20 Å².